The third-order valence-electron chi connectivity index (χ3n) is 1.72. The zero-order chi connectivity index (χ0) is 12.1. The molecule has 0 saturated heterocycles. The summed E-state index contributed by atoms with van der Waals surface area (Å²) in [6.45, 7) is 9.74. The standard InChI is InChI=1S/C11H21NO3/c1-9(14-6)7-8-12(5)10(13)15-11(2,3)4/h1,7-8H2,2-6H3. The molecule has 0 rings (SSSR count). The maximum atomic E-state index is 11.5. The Morgan fingerprint density at radius 1 is 1.40 bits per heavy atom. The number of carbonyl (C=O) groups is 1. The number of methoxy groups -OCH3 is 1. The first kappa shape index (κ1) is 13.8. The molecular weight excluding hydrogens is 194 g/mol. The molecule has 0 aliphatic heterocycles. The lowest BCUT2D eigenvalue weighted by Crippen LogP contribution is -2.34. The molecule has 0 bridgehead atoms. The smallest absolute Gasteiger partial charge is 0.410 e. The van der Waals surface area contributed by atoms with E-state index >= 15 is 0 Å². The molecule has 0 unspecified atom stereocenters. The second-order valence-corrected chi connectivity index (χ2v) is 4.39. The summed E-state index contributed by atoms with van der Waals surface area (Å²) < 4.78 is 10.1. The molecule has 0 fully saturated rings. The summed E-state index contributed by atoms with van der Waals surface area (Å²) in [7, 11) is 3.26. The van der Waals surface area contributed by atoms with Crippen LogP contribution in [0.3, 0.4) is 0 Å². The van der Waals surface area contributed by atoms with E-state index in [0.29, 0.717) is 18.7 Å². The van der Waals surface area contributed by atoms with E-state index in [-0.39, 0.29) is 6.09 Å². The van der Waals surface area contributed by atoms with Crippen molar-refractivity contribution in [3.05, 3.63) is 12.3 Å². The van der Waals surface area contributed by atoms with Gasteiger partial charge in [-0.2, -0.15) is 0 Å². The molecule has 0 N–H and O–H groups in total. The summed E-state index contributed by atoms with van der Waals surface area (Å²) in [4.78, 5) is 13.0. The zero-order valence-electron chi connectivity index (χ0n) is 10.3. The maximum absolute atomic E-state index is 11.5. The Bertz CT molecular complexity index is 230. The van der Waals surface area contributed by atoms with Crippen LogP contribution in [0, 0.1) is 0 Å². The second kappa shape index (κ2) is 5.63. The van der Waals surface area contributed by atoms with Gasteiger partial charge in [0.2, 0.25) is 0 Å². The minimum absolute atomic E-state index is 0.327. The van der Waals surface area contributed by atoms with Gasteiger partial charge in [-0.3, -0.25) is 0 Å². The first-order valence-corrected chi connectivity index (χ1v) is 4.92. The van der Waals surface area contributed by atoms with Crippen molar-refractivity contribution in [2.45, 2.75) is 32.8 Å². The summed E-state index contributed by atoms with van der Waals surface area (Å²) in [5.41, 5.74) is -0.455. The number of hydrogen-bond acceptors (Lipinski definition) is 3. The van der Waals surface area contributed by atoms with Gasteiger partial charge in [0.1, 0.15) is 5.60 Å². The van der Waals surface area contributed by atoms with Gasteiger partial charge in [-0.15, -0.1) is 0 Å². The zero-order valence-corrected chi connectivity index (χ0v) is 10.3. The Morgan fingerprint density at radius 2 is 1.93 bits per heavy atom. The first-order valence-electron chi connectivity index (χ1n) is 4.92. The molecular formula is C11H21NO3. The van der Waals surface area contributed by atoms with Gasteiger partial charge in [-0.1, -0.05) is 6.58 Å². The topological polar surface area (TPSA) is 38.8 Å². The Balaban J connectivity index is 3.95. The molecule has 0 aromatic carbocycles. The third kappa shape index (κ3) is 6.82. The van der Waals surface area contributed by atoms with Crippen molar-refractivity contribution in [3.8, 4) is 0 Å². The summed E-state index contributed by atoms with van der Waals surface area (Å²) >= 11 is 0. The van der Waals surface area contributed by atoms with Crippen LogP contribution >= 0.6 is 0 Å². The molecule has 0 aromatic rings. The monoisotopic (exact) mass is 215 g/mol. The molecule has 0 radical (unpaired) electrons. The van der Waals surface area contributed by atoms with Gasteiger partial charge >= 0.3 is 6.09 Å². The van der Waals surface area contributed by atoms with Gasteiger partial charge in [0.25, 0.3) is 0 Å². The van der Waals surface area contributed by atoms with Crippen molar-refractivity contribution in [1.29, 1.82) is 0 Å². The van der Waals surface area contributed by atoms with E-state index < -0.39 is 5.60 Å². The fourth-order valence-corrected chi connectivity index (χ4v) is 0.826. The summed E-state index contributed by atoms with van der Waals surface area (Å²) in [5.74, 6) is 0.658. The van der Waals surface area contributed by atoms with Gasteiger partial charge in [0, 0.05) is 20.0 Å². The number of amides is 1. The molecule has 1 amide bonds. The Labute approximate surface area is 91.8 Å². The predicted octanol–water partition coefficient (Wildman–Crippen LogP) is 2.40. The van der Waals surface area contributed by atoms with Crippen LogP contribution in [0.5, 0.6) is 0 Å². The van der Waals surface area contributed by atoms with Gasteiger partial charge in [0.05, 0.1) is 12.9 Å². The maximum Gasteiger partial charge on any atom is 0.410 e. The van der Waals surface area contributed by atoms with Crippen molar-refractivity contribution in [1.82, 2.24) is 4.90 Å². The quantitative estimate of drug-likeness (QED) is 0.676. The minimum atomic E-state index is -0.455. The molecule has 0 aliphatic carbocycles. The van der Waals surface area contributed by atoms with E-state index in [1.165, 1.54) is 4.90 Å². The number of ether oxygens (including phenoxy) is 2. The highest BCUT2D eigenvalue weighted by Gasteiger charge is 2.19. The molecule has 0 heterocycles. The molecule has 4 heteroatoms. The Morgan fingerprint density at radius 3 is 2.33 bits per heavy atom. The van der Waals surface area contributed by atoms with Crippen LogP contribution in [-0.4, -0.2) is 37.3 Å². The SMILES string of the molecule is C=C(CCN(C)C(=O)OC(C)(C)C)OC. The molecule has 15 heavy (non-hydrogen) atoms. The molecule has 88 valence electrons. The van der Waals surface area contributed by atoms with Gasteiger partial charge in [0.15, 0.2) is 0 Å². The number of nitrogens with zero attached hydrogens (tertiary/aromatic N) is 1. The summed E-state index contributed by atoms with van der Waals surface area (Å²) in [5, 5.41) is 0. The van der Waals surface area contributed by atoms with E-state index in [9.17, 15) is 4.79 Å². The molecule has 4 nitrogen and oxygen atoms in total. The van der Waals surface area contributed by atoms with E-state index in [0.717, 1.165) is 0 Å². The fourth-order valence-electron chi connectivity index (χ4n) is 0.826. The first-order chi connectivity index (χ1) is 6.76. The third-order valence-corrected chi connectivity index (χ3v) is 1.72. The summed E-state index contributed by atoms with van der Waals surface area (Å²) in [6, 6.07) is 0. The number of hydrogen-bond donors (Lipinski definition) is 0. The fraction of sp³-hybridized carbons (Fsp3) is 0.727. The molecule has 0 aromatic heterocycles. The highest BCUT2D eigenvalue weighted by molar-refractivity contribution is 5.67. The van der Waals surface area contributed by atoms with Crippen molar-refractivity contribution >= 4 is 6.09 Å². The minimum Gasteiger partial charge on any atom is -0.502 e. The van der Waals surface area contributed by atoms with E-state index in [1.807, 2.05) is 20.8 Å². The normalized spacial score (nSPS) is 10.7. The van der Waals surface area contributed by atoms with Crippen LogP contribution < -0.4 is 0 Å². The molecule has 0 spiro atoms. The lowest BCUT2D eigenvalue weighted by molar-refractivity contribution is 0.0296. The average Bonchev–Trinajstić information content (AvgIpc) is 2.10. The van der Waals surface area contributed by atoms with Crippen LogP contribution in [0.25, 0.3) is 0 Å². The number of carbonyl (C=O) groups excluding carboxylic acids is 1. The highest BCUT2D eigenvalue weighted by Crippen LogP contribution is 2.09. The van der Waals surface area contributed by atoms with Crippen LogP contribution in [0.15, 0.2) is 12.3 Å². The van der Waals surface area contributed by atoms with Crippen molar-refractivity contribution in [2.75, 3.05) is 20.7 Å². The Kier molecular flexibility index (Phi) is 5.19. The van der Waals surface area contributed by atoms with E-state index in [4.69, 9.17) is 9.47 Å². The number of rotatable bonds is 4. The van der Waals surface area contributed by atoms with Crippen molar-refractivity contribution < 1.29 is 14.3 Å². The largest absolute Gasteiger partial charge is 0.502 e. The van der Waals surface area contributed by atoms with Crippen molar-refractivity contribution in [3.63, 3.8) is 0 Å². The lowest BCUT2D eigenvalue weighted by atomic mass is 10.2. The van der Waals surface area contributed by atoms with Gasteiger partial charge < -0.3 is 14.4 Å². The predicted molar refractivity (Wildman–Crippen MR) is 59.6 cm³/mol. The van der Waals surface area contributed by atoms with Crippen LogP contribution in [-0.2, 0) is 9.47 Å². The molecule has 0 aliphatic rings. The lowest BCUT2D eigenvalue weighted by Gasteiger charge is -2.24. The van der Waals surface area contributed by atoms with Crippen molar-refractivity contribution in [2.24, 2.45) is 0 Å². The van der Waals surface area contributed by atoms with E-state index in [2.05, 4.69) is 6.58 Å². The summed E-state index contributed by atoms with van der Waals surface area (Å²) in [6.07, 6.45) is 0.290. The molecule has 0 saturated carbocycles. The Hall–Kier alpha value is -1.19. The van der Waals surface area contributed by atoms with Gasteiger partial charge in [-0.25, -0.2) is 4.79 Å². The highest BCUT2D eigenvalue weighted by atomic mass is 16.6. The molecule has 0 atom stereocenters. The van der Waals surface area contributed by atoms with Crippen LogP contribution in [0.2, 0.25) is 0 Å². The van der Waals surface area contributed by atoms with Gasteiger partial charge in [-0.05, 0) is 20.8 Å². The second-order valence-electron chi connectivity index (χ2n) is 4.39. The van der Waals surface area contributed by atoms with Crippen LogP contribution in [0.1, 0.15) is 27.2 Å². The average molecular weight is 215 g/mol. The van der Waals surface area contributed by atoms with E-state index in [1.54, 1.807) is 14.2 Å². The van der Waals surface area contributed by atoms with Crippen LogP contribution in [0.4, 0.5) is 4.79 Å².